The van der Waals surface area contributed by atoms with Crippen molar-refractivity contribution in [1.29, 1.82) is 0 Å². The molecule has 0 radical (unpaired) electrons. The Bertz CT molecular complexity index is 290. The minimum atomic E-state index is -2.98. The van der Waals surface area contributed by atoms with Crippen molar-refractivity contribution in [2.24, 2.45) is 5.92 Å². The number of sulfonamides is 1. The highest BCUT2D eigenvalue weighted by atomic mass is 32.2. The Morgan fingerprint density at radius 1 is 1.38 bits per heavy atom. The van der Waals surface area contributed by atoms with Gasteiger partial charge in [-0.05, 0) is 38.8 Å². The molecule has 1 fully saturated rings. The van der Waals surface area contributed by atoms with Gasteiger partial charge in [-0.1, -0.05) is 13.3 Å². The van der Waals surface area contributed by atoms with E-state index in [1.165, 1.54) is 0 Å². The van der Waals surface area contributed by atoms with Gasteiger partial charge in [0.1, 0.15) is 0 Å². The lowest BCUT2D eigenvalue weighted by atomic mass is 10.1. The highest BCUT2D eigenvalue weighted by Gasteiger charge is 2.29. The lowest BCUT2D eigenvalue weighted by Gasteiger charge is -2.16. The van der Waals surface area contributed by atoms with E-state index in [2.05, 4.69) is 12.2 Å². The average molecular weight is 248 g/mol. The van der Waals surface area contributed by atoms with Gasteiger partial charge in [-0.3, -0.25) is 0 Å². The third kappa shape index (κ3) is 4.03. The largest absolute Gasteiger partial charge is 0.320 e. The first-order chi connectivity index (χ1) is 7.60. The summed E-state index contributed by atoms with van der Waals surface area (Å²) in [7, 11) is -1.09. The molecule has 5 heteroatoms. The molecule has 1 heterocycles. The molecule has 0 aromatic heterocycles. The Kier molecular flexibility index (Phi) is 5.72. The predicted molar refractivity (Wildman–Crippen MR) is 66.9 cm³/mol. The summed E-state index contributed by atoms with van der Waals surface area (Å²) in [6.45, 7) is 4.50. The van der Waals surface area contributed by atoms with Crippen LogP contribution in [-0.2, 0) is 10.0 Å². The predicted octanol–water partition coefficient (Wildman–Crippen LogP) is 1.05. The van der Waals surface area contributed by atoms with Crippen LogP contribution >= 0.6 is 0 Å². The Hall–Kier alpha value is -0.130. The van der Waals surface area contributed by atoms with E-state index in [1.54, 1.807) is 4.31 Å². The van der Waals surface area contributed by atoms with Gasteiger partial charge in [0, 0.05) is 13.1 Å². The fourth-order valence-corrected chi connectivity index (χ4v) is 3.75. The van der Waals surface area contributed by atoms with Crippen LogP contribution in [0.5, 0.6) is 0 Å². The average Bonchev–Trinajstić information content (AvgIpc) is 2.73. The lowest BCUT2D eigenvalue weighted by Crippen LogP contribution is -2.31. The molecule has 1 unspecified atom stereocenters. The van der Waals surface area contributed by atoms with Gasteiger partial charge in [-0.15, -0.1) is 0 Å². The quantitative estimate of drug-likeness (QED) is 0.685. The zero-order valence-electron chi connectivity index (χ0n) is 10.4. The Morgan fingerprint density at radius 2 is 2.12 bits per heavy atom. The van der Waals surface area contributed by atoms with Crippen molar-refractivity contribution >= 4 is 10.0 Å². The molecule has 0 aliphatic carbocycles. The van der Waals surface area contributed by atoms with E-state index in [0.717, 1.165) is 45.3 Å². The summed E-state index contributed by atoms with van der Waals surface area (Å²) >= 11 is 0. The Labute approximate surface area is 99.5 Å². The van der Waals surface area contributed by atoms with Gasteiger partial charge in [0.15, 0.2) is 0 Å². The Balaban J connectivity index is 2.34. The molecular weight excluding hydrogens is 224 g/mol. The molecule has 0 amide bonds. The molecule has 1 atom stereocenters. The Morgan fingerprint density at radius 3 is 2.69 bits per heavy atom. The van der Waals surface area contributed by atoms with Crippen molar-refractivity contribution in [3.63, 3.8) is 0 Å². The van der Waals surface area contributed by atoms with E-state index in [0.29, 0.717) is 11.7 Å². The highest BCUT2D eigenvalue weighted by Crippen LogP contribution is 2.22. The van der Waals surface area contributed by atoms with Gasteiger partial charge in [-0.25, -0.2) is 12.7 Å². The number of hydrogen-bond donors (Lipinski definition) is 1. The van der Waals surface area contributed by atoms with Crippen LogP contribution in [0.1, 0.15) is 32.6 Å². The van der Waals surface area contributed by atoms with Crippen molar-refractivity contribution in [2.75, 3.05) is 32.4 Å². The van der Waals surface area contributed by atoms with E-state index in [1.807, 2.05) is 7.05 Å². The van der Waals surface area contributed by atoms with Crippen LogP contribution in [0.4, 0.5) is 0 Å². The first kappa shape index (κ1) is 13.9. The molecule has 1 aliphatic rings. The molecule has 1 saturated heterocycles. The van der Waals surface area contributed by atoms with E-state index < -0.39 is 10.0 Å². The van der Waals surface area contributed by atoms with Crippen molar-refractivity contribution in [2.45, 2.75) is 32.6 Å². The van der Waals surface area contributed by atoms with E-state index in [9.17, 15) is 8.42 Å². The maximum absolute atomic E-state index is 12.0. The van der Waals surface area contributed by atoms with Crippen LogP contribution in [0, 0.1) is 5.92 Å². The van der Waals surface area contributed by atoms with Gasteiger partial charge in [0.2, 0.25) is 10.0 Å². The van der Waals surface area contributed by atoms with Crippen molar-refractivity contribution < 1.29 is 8.42 Å². The molecule has 0 saturated carbocycles. The van der Waals surface area contributed by atoms with Gasteiger partial charge in [-0.2, -0.15) is 0 Å². The SMILES string of the molecule is CCC1CCN(S(=O)(=O)CCCCNC)C1. The number of unbranched alkanes of at least 4 members (excludes halogenated alkanes) is 1. The molecule has 1 rings (SSSR count). The highest BCUT2D eigenvalue weighted by molar-refractivity contribution is 7.89. The molecule has 1 N–H and O–H groups in total. The molecule has 96 valence electrons. The number of nitrogens with zero attached hydrogens (tertiary/aromatic N) is 1. The van der Waals surface area contributed by atoms with Crippen LogP contribution in [0.25, 0.3) is 0 Å². The van der Waals surface area contributed by atoms with Crippen LogP contribution in [0.2, 0.25) is 0 Å². The van der Waals surface area contributed by atoms with Gasteiger partial charge in [0.25, 0.3) is 0 Å². The molecule has 0 bridgehead atoms. The first-order valence-corrected chi connectivity index (χ1v) is 7.83. The van der Waals surface area contributed by atoms with E-state index in [4.69, 9.17) is 0 Å². The fourth-order valence-electron chi connectivity index (χ4n) is 2.10. The maximum atomic E-state index is 12.0. The number of nitrogens with one attached hydrogen (secondary N) is 1. The summed E-state index contributed by atoms with van der Waals surface area (Å²) in [5.41, 5.74) is 0. The van der Waals surface area contributed by atoms with Crippen molar-refractivity contribution in [3.05, 3.63) is 0 Å². The van der Waals surface area contributed by atoms with Crippen molar-refractivity contribution in [1.82, 2.24) is 9.62 Å². The molecule has 0 aromatic rings. The number of rotatable bonds is 7. The summed E-state index contributed by atoms with van der Waals surface area (Å²) in [5, 5.41) is 3.03. The third-order valence-electron chi connectivity index (χ3n) is 3.30. The molecule has 0 spiro atoms. The molecular formula is C11H24N2O2S. The first-order valence-electron chi connectivity index (χ1n) is 6.22. The maximum Gasteiger partial charge on any atom is 0.214 e. The topological polar surface area (TPSA) is 49.4 Å². The summed E-state index contributed by atoms with van der Waals surface area (Å²) < 4.78 is 25.6. The zero-order chi connectivity index (χ0) is 12.0. The molecule has 16 heavy (non-hydrogen) atoms. The second-order valence-corrected chi connectivity index (χ2v) is 6.64. The lowest BCUT2D eigenvalue weighted by molar-refractivity contribution is 0.451. The van der Waals surface area contributed by atoms with Crippen LogP contribution in [-0.4, -0.2) is 45.2 Å². The standard InChI is InChI=1S/C11H24N2O2S/c1-3-11-6-8-13(10-11)16(14,15)9-5-4-7-12-2/h11-12H,3-10H2,1-2H3. The zero-order valence-corrected chi connectivity index (χ0v) is 11.2. The fraction of sp³-hybridized carbons (Fsp3) is 1.00. The summed E-state index contributed by atoms with van der Waals surface area (Å²) in [6.07, 6.45) is 3.81. The second-order valence-electron chi connectivity index (χ2n) is 4.55. The molecule has 1 aliphatic heterocycles. The second kappa shape index (κ2) is 6.57. The van der Waals surface area contributed by atoms with E-state index >= 15 is 0 Å². The van der Waals surface area contributed by atoms with E-state index in [-0.39, 0.29) is 0 Å². The smallest absolute Gasteiger partial charge is 0.214 e. The third-order valence-corrected chi connectivity index (χ3v) is 5.22. The number of hydrogen-bond acceptors (Lipinski definition) is 3. The normalized spacial score (nSPS) is 22.8. The monoisotopic (exact) mass is 248 g/mol. The minimum Gasteiger partial charge on any atom is -0.320 e. The van der Waals surface area contributed by atoms with Gasteiger partial charge >= 0.3 is 0 Å². The molecule has 4 nitrogen and oxygen atoms in total. The van der Waals surface area contributed by atoms with Crippen LogP contribution in [0.3, 0.4) is 0 Å². The van der Waals surface area contributed by atoms with Crippen molar-refractivity contribution in [3.8, 4) is 0 Å². The summed E-state index contributed by atoms with van der Waals surface area (Å²) in [5.74, 6) is 0.887. The minimum absolute atomic E-state index is 0.311. The van der Waals surface area contributed by atoms with Gasteiger partial charge in [0.05, 0.1) is 5.75 Å². The van der Waals surface area contributed by atoms with Gasteiger partial charge < -0.3 is 5.32 Å². The molecule has 0 aromatic carbocycles. The van der Waals surface area contributed by atoms with Crippen LogP contribution < -0.4 is 5.32 Å². The summed E-state index contributed by atoms with van der Waals surface area (Å²) in [6, 6.07) is 0. The summed E-state index contributed by atoms with van der Waals surface area (Å²) in [4.78, 5) is 0. The van der Waals surface area contributed by atoms with Crippen LogP contribution in [0.15, 0.2) is 0 Å².